The Morgan fingerprint density at radius 3 is 2.61 bits per heavy atom. The molecule has 0 amide bonds. The molecule has 0 aromatic rings. The van der Waals surface area contributed by atoms with Gasteiger partial charge in [0.15, 0.2) is 0 Å². The highest BCUT2D eigenvalue weighted by Crippen LogP contribution is 2.30. The maximum Gasteiger partial charge on any atom is 0.149 e. The number of carbonyl (C=O) groups is 1. The van der Waals surface area contributed by atoms with E-state index in [1.54, 1.807) is 0 Å². The van der Waals surface area contributed by atoms with Gasteiger partial charge >= 0.3 is 0 Å². The van der Waals surface area contributed by atoms with Gasteiger partial charge < -0.3 is 4.74 Å². The Labute approximate surface area is 110 Å². The minimum atomic E-state index is 0.370. The van der Waals surface area contributed by atoms with Crippen molar-refractivity contribution in [1.29, 1.82) is 0 Å². The van der Waals surface area contributed by atoms with Crippen molar-refractivity contribution in [1.82, 2.24) is 4.90 Å². The molecule has 0 N–H and O–H groups in total. The van der Waals surface area contributed by atoms with Crippen LogP contribution in [0, 0.1) is 5.92 Å². The van der Waals surface area contributed by atoms with Gasteiger partial charge in [-0.3, -0.25) is 9.69 Å². The topological polar surface area (TPSA) is 29.5 Å². The maximum absolute atomic E-state index is 12.3. The van der Waals surface area contributed by atoms with Crippen LogP contribution in [-0.2, 0) is 9.53 Å². The van der Waals surface area contributed by atoms with Gasteiger partial charge in [-0.25, -0.2) is 0 Å². The molecular formula is C15H25NO2. The van der Waals surface area contributed by atoms with Crippen LogP contribution in [0.5, 0.6) is 0 Å². The largest absolute Gasteiger partial charge is 0.375 e. The number of carbonyl (C=O) groups excluding carboxylic acids is 1. The number of rotatable bonds is 3. The van der Waals surface area contributed by atoms with Gasteiger partial charge in [0, 0.05) is 18.5 Å². The lowest BCUT2D eigenvalue weighted by atomic mass is 9.89. The third-order valence-corrected chi connectivity index (χ3v) is 5.02. The molecule has 0 radical (unpaired) electrons. The molecule has 3 fully saturated rings. The van der Waals surface area contributed by atoms with Crippen molar-refractivity contribution in [3.63, 3.8) is 0 Å². The van der Waals surface area contributed by atoms with Gasteiger partial charge in [-0.15, -0.1) is 0 Å². The Morgan fingerprint density at radius 1 is 1.06 bits per heavy atom. The minimum absolute atomic E-state index is 0.370. The molecule has 2 atom stereocenters. The number of Topliss-reactive ketones (excluding diaryl/α,β-unsaturated/α-hetero) is 1. The summed E-state index contributed by atoms with van der Waals surface area (Å²) in [5.74, 6) is 0.869. The molecule has 2 saturated carbocycles. The first kappa shape index (κ1) is 12.6. The number of hydrogen-bond acceptors (Lipinski definition) is 3. The molecule has 102 valence electrons. The van der Waals surface area contributed by atoms with Crippen molar-refractivity contribution < 1.29 is 9.53 Å². The summed E-state index contributed by atoms with van der Waals surface area (Å²) in [4.78, 5) is 14.7. The number of nitrogens with zero attached hydrogens (tertiary/aromatic N) is 1. The van der Waals surface area contributed by atoms with Crippen molar-refractivity contribution in [3.05, 3.63) is 0 Å². The van der Waals surface area contributed by atoms with E-state index in [1.165, 1.54) is 38.5 Å². The predicted molar refractivity (Wildman–Crippen MR) is 70.5 cm³/mol. The van der Waals surface area contributed by atoms with E-state index in [0.717, 1.165) is 26.0 Å². The summed E-state index contributed by atoms with van der Waals surface area (Å²) in [6, 6.07) is 0.526. The Bertz CT molecular complexity index is 297. The first-order valence-corrected chi connectivity index (χ1v) is 7.73. The Hall–Kier alpha value is -0.410. The fourth-order valence-corrected chi connectivity index (χ4v) is 3.95. The molecule has 0 aromatic carbocycles. The van der Waals surface area contributed by atoms with Crippen molar-refractivity contribution >= 4 is 5.78 Å². The van der Waals surface area contributed by atoms with Crippen LogP contribution < -0.4 is 0 Å². The number of ketones is 1. The second-order valence-corrected chi connectivity index (χ2v) is 6.18. The van der Waals surface area contributed by atoms with Gasteiger partial charge in [0.1, 0.15) is 5.78 Å². The van der Waals surface area contributed by atoms with Gasteiger partial charge in [0.05, 0.1) is 19.3 Å². The van der Waals surface area contributed by atoms with Crippen molar-refractivity contribution in [2.75, 3.05) is 19.7 Å². The highest BCUT2D eigenvalue weighted by Gasteiger charge is 2.36. The number of hydrogen-bond donors (Lipinski definition) is 0. The van der Waals surface area contributed by atoms with E-state index < -0.39 is 0 Å². The van der Waals surface area contributed by atoms with E-state index in [9.17, 15) is 4.79 Å². The molecule has 3 aliphatic rings. The summed E-state index contributed by atoms with van der Waals surface area (Å²) in [6.45, 7) is 2.47. The number of ether oxygens (including phenoxy) is 1. The molecule has 0 spiro atoms. The third-order valence-electron chi connectivity index (χ3n) is 5.02. The van der Waals surface area contributed by atoms with Crippen LogP contribution in [0.1, 0.15) is 51.4 Å². The van der Waals surface area contributed by atoms with Crippen molar-refractivity contribution in [2.24, 2.45) is 5.92 Å². The van der Waals surface area contributed by atoms with Gasteiger partial charge in [-0.05, 0) is 25.7 Å². The number of fused-ring (bicyclic) bond motifs is 1. The van der Waals surface area contributed by atoms with Crippen LogP contribution in [0.15, 0.2) is 0 Å². The average molecular weight is 251 g/mol. The molecule has 1 heterocycles. The first-order chi connectivity index (χ1) is 8.84. The van der Waals surface area contributed by atoms with E-state index >= 15 is 0 Å². The molecule has 3 rings (SSSR count). The summed E-state index contributed by atoms with van der Waals surface area (Å²) in [6.07, 6.45) is 10.2. The van der Waals surface area contributed by atoms with Gasteiger partial charge in [0.25, 0.3) is 0 Å². The van der Waals surface area contributed by atoms with Crippen molar-refractivity contribution in [3.8, 4) is 0 Å². The summed E-state index contributed by atoms with van der Waals surface area (Å²) in [7, 11) is 0. The van der Waals surface area contributed by atoms with E-state index in [2.05, 4.69) is 4.90 Å². The lowest BCUT2D eigenvalue weighted by Crippen LogP contribution is -2.54. The molecule has 1 saturated heterocycles. The van der Waals surface area contributed by atoms with Crippen LogP contribution in [0.25, 0.3) is 0 Å². The van der Waals surface area contributed by atoms with Crippen LogP contribution in [0.3, 0.4) is 0 Å². The molecule has 3 nitrogen and oxygen atoms in total. The zero-order chi connectivity index (χ0) is 12.4. The molecule has 1 aliphatic heterocycles. The fourth-order valence-electron chi connectivity index (χ4n) is 3.95. The standard InChI is InChI=1S/C15H25NO2/c17-14(12-5-1-2-6-12)11-16-9-10-18-15-8-4-3-7-13(15)16/h12-13,15H,1-11H2. The Kier molecular flexibility index (Phi) is 4.00. The highest BCUT2D eigenvalue weighted by molar-refractivity contribution is 5.83. The van der Waals surface area contributed by atoms with Crippen LogP contribution in [0.2, 0.25) is 0 Å². The minimum Gasteiger partial charge on any atom is -0.375 e. The molecule has 2 aliphatic carbocycles. The zero-order valence-corrected chi connectivity index (χ0v) is 11.3. The van der Waals surface area contributed by atoms with Gasteiger partial charge in [0.2, 0.25) is 0 Å². The van der Waals surface area contributed by atoms with E-state index in [0.29, 0.717) is 30.4 Å². The second kappa shape index (κ2) is 5.70. The molecule has 0 bridgehead atoms. The third kappa shape index (κ3) is 2.62. The van der Waals surface area contributed by atoms with Crippen molar-refractivity contribution in [2.45, 2.75) is 63.5 Å². The first-order valence-electron chi connectivity index (χ1n) is 7.73. The Balaban J connectivity index is 1.58. The van der Waals surface area contributed by atoms with E-state index in [-0.39, 0.29) is 0 Å². The SMILES string of the molecule is O=C(CN1CCOC2CCCCC21)C1CCCC1. The van der Waals surface area contributed by atoms with E-state index in [1.807, 2.05) is 0 Å². The lowest BCUT2D eigenvalue weighted by Gasteiger charge is -2.43. The average Bonchev–Trinajstić information content (AvgIpc) is 2.93. The summed E-state index contributed by atoms with van der Waals surface area (Å²) in [5.41, 5.74) is 0. The maximum atomic E-state index is 12.3. The summed E-state index contributed by atoms with van der Waals surface area (Å²) in [5, 5.41) is 0. The van der Waals surface area contributed by atoms with E-state index in [4.69, 9.17) is 4.74 Å². The lowest BCUT2D eigenvalue weighted by molar-refractivity contribution is -0.130. The van der Waals surface area contributed by atoms with Crippen LogP contribution in [0.4, 0.5) is 0 Å². The summed E-state index contributed by atoms with van der Waals surface area (Å²) >= 11 is 0. The molecule has 0 aromatic heterocycles. The highest BCUT2D eigenvalue weighted by atomic mass is 16.5. The second-order valence-electron chi connectivity index (χ2n) is 6.18. The summed E-state index contributed by atoms with van der Waals surface area (Å²) < 4.78 is 5.87. The van der Waals surface area contributed by atoms with Gasteiger partial charge in [-0.2, -0.15) is 0 Å². The normalized spacial score (nSPS) is 34.4. The quantitative estimate of drug-likeness (QED) is 0.771. The number of morpholine rings is 1. The Morgan fingerprint density at radius 2 is 1.78 bits per heavy atom. The van der Waals surface area contributed by atoms with Crippen LogP contribution in [-0.4, -0.2) is 42.5 Å². The predicted octanol–water partition coefficient (Wildman–Crippen LogP) is 2.39. The molecule has 18 heavy (non-hydrogen) atoms. The zero-order valence-electron chi connectivity index (χ0n) is 11.3. The molecule has 3 heteroatoms. The monoisotopic (exact) mass is 251 g/mol. The molecule has 2 unspecified atom stereocenters. The fraction of sp³-hybridized carbons (Fsp3) is 0.933. The van der Waals surface area contributed by atoms with Gasteiger partial charge in [-0.1, -0.05) is 25.7 Å². The smallest absolute Gasteiger partial charge is 0.149 e. The molecular weight excluding hydrogens is 226 g/mol. The van der Waals surface area contributed by atoms with Crippen LogP contribution >= 0.6 is 0 Å².